The fourth-order valence-electron chi connectivity index (χ4n) is 2.07. The van der Waals surface area contributed by atoms with Gasteiger partial charge in [0.05, 0.1) is 16.8 Å². The van der Waals surface area contributed by atoms with E-state index in [9.17, 15) is 8.42 Å². The van der Waals surface area contributed by atoms with E-state index in [0.717, 1.165) is 4.47 Å². The average molecular weight is 378 g/mol. The first-order valence-electron chi connectivity index (χ1n) is 6.40. The topological polar surface area (TPSA) is 78.0 Å². The Morgan fingerprint density at radius 3 is 2.27 bits per heavy atom. The van der Waals surface area contributed by atoms with Crippen molar-refractivity contribution in [1.29, 1.82) is 0 Å². The van der Waals surface area contributed by atoms with Crippen LogP contribution in [0.1, 0.15) is 0 Å². The number of aromatic nitrogens is 2. The van der Waals surface area contributed by atoms with Crippen molar-refractivity contribution < 1.29 is 8.42 Å². The van der Waals surface area contributed by atoms with Gasteiger partial charge < -0.3 is 5.73 Å². The quantitative estimate of drug-likeness (QED) is 0.760. The van der Waals surface area contributed by atoms with E-state index < -0.39 is 9.84 Å². The maximum absolute atomic E-state index is 12.7. The van der Waals surface area contributed by atoms with E-state index >= 15 is 0 Å². The van der Waals surface area contributed by atoms with Crippen LogP contribution in [0.15, 0.2) is 75.1 Å². The summed E-state index contributed by atoms with van der Waals surface area (Å²) in [6.07, 6.45) is 1.28. The Labute approximate surface area is 136 Å². The Hall–Kier alpha value is -2.12. The van der Waals surface area contributed by atoms with E-state index in [0.29, 0.717) is 5.69 Å². The molecule has 3 aromatic rings. The molecule has 0 amide bonds. The smallest absolute Gasteiger partial charge is 0.211 e. The minimum Gasteiger partial charge on any atom is -0.382 e. The molecule has 0 saturated heterocycles. The van der Waals surface area contributed by atoms with Gasteiger partial charge in [-0.2, -0.15) is 5.10 Å². The van der Waals surface area contributed by atoms with E-state index in [1.54, 1.807) is 24.3 Å². The lowest BCUT2D eigenvalue weighted by molar-refractivity contribution is 0.596. The van der Waals surface area contributed by atoms with Crippen molar-refractivity contribution in [3.05, 3.63) is 65.3 Å². The number of hydrogen-bond donors (Lipinski definition) is 1. The molecule has 0 aliphatic carbocycles. The van der Waals surface area contributed by atoms with Gasteiger partial charge >= 0.3 is 0 Å². The Bertz CT molecular complexity index is 904. The molecule has 0 unspecified atom stereocenters. The summed E-state index contributed by atoms with van der Waals surface area (Å²) in [7, 11) is -3.70. The molecule has 5 nitrogen and oxygen atoms in total. The molecule has 2 N–H and O–H groups in total. The van der Waals surface area contributed by atoms with Crippen LogP contribution in [0.2, 0.25) is 0 Å². The van der Waals surface area contributed by atoms with Crippen LogP contribution in [0.3, 0.4) is 0 Å². The molecular weight excluding hydrogens is 366 g/mol. The first-order chi connectivity index (χ1) is 10.5. The van der Waals surface area contributed by atoms with Crippen LogP contribution in [-0.2, 0) is 9.84 Å². The van der Waals surface area contributed by atoms with Crippen LogP contribution < -0.4 is 5.73 Å². The summed E-state index contributed by atoms with van der Waals surface area (Å²) in [5.41, 5.74) is 6.71. The average Bonchev–Trinajstić information content (AvgIpc) is 2.91. The number of halogens is 1. The lowest BCUT2D eigenvalue weighted by Crippen LogP contribution is -2.07. The van der Waals surface area contributed by atoms with Crippen LogP contribution in [0.5, 0.6) is 0 Å². The molecule has 0 atom stereocenters. The van der Waals surface area contributed by atoms with Crippen LogP contribution in [-0.4, -0.2) is 18.2 Å². The monoisotopic (exact) mass is 377 g/mol. The van der Waals surface area contributed by atoms with Crippen molar-refractivity contribution in [2.75, 3.05) is 5.73 Å². The Morgan fingerprint density at radius 2 is 1.64 bits per heavy atom. The maximum atomic E-state index is 12.7. The van der Waals surface area contributed by atoms with Gasteiger partial charge in [-0.25, -0.2) is 13.1 Å². The number of anilines is 1. The maximum Gasteiger partial charge on any atom is 0.211 e. The molecule has 0 spiro atoms. The van der Waals surface area contributed by atoms with Gasteiger partial charge in [0.25, 0.3) is 0 Å². The molecule has 0 radical (unpaired) electrons. The zero-order valence-corrected chi connectivity index (χ0v) is 13.8. The second kappa shape index (κ2) is 5.58. The summed E-state index contributed by atoms with van der Waals surface area (Å²) in [5.74, 6) is 0.0918. The van der Waals surface area contributed by atoms with Crippen LogP contribution in [0.25, 0.3) is 5.69 Å². The highest BCUT2D eigenvalue weighted by Crippen LogP contribution is 2.28. The molecular formula is C15H12BrN3O2S. The molecule has 0 fully saturated rings. The molecule has 1 heterocycles. The Kier molecular flexibility index (Phi) is 3.76. The van der Waals surface area contributed by atoms with Crippen molar-refractivity contribution in [1.82, 2.24) is 9.78 Å². The zero-order chi connectivity index (χ0) is 15.7. The number of sulfone groups is 1. The molecule has 0 aliphatic heterocycles. The van der Waals surface area contributed by atoms with Gasteiger partial charge in [-0.05, 0) is 36.4 Å². The molecule has 7 heteroatoms. The number of nitrogen functional groups attached to an aromatic ring is 1. The van der Waals surface area contributed by atoms with Crippen molar-refractivity contribution >= 4 is 31.6 Å². The third kappa shape index (κ3) is 2.53. The standard InChI is InChI=1S/C15H12BrN3O2S/c16-11-6-8-13(9-7-11)22(20,21)14-10-18-19(15(14)17)12-4-2-1-3-5-12/h1-10H,17H2. The lowest BCUT2D eigenvalue weighted by atomic mass is 10.3. The highest BCUT2D eigenvalue weighted by Gasteiger charge is 2.24. The summed E-state index contributed by atoms with van der Waals surface area (Å²) >= 11 is 3.28. The van der Waals surface area contributed by atoms with Crippen molar-refractivity contribution in [3.8, 4) is 5.69 Å². The van der Waals surface area contributed by atoms with E-state index in [1.165, 1.54) is 23.0 Å². The number of nitrogens with two attached hydrogens (primary N) is 1. The van der Waals surface area contributed by atoms with Gasteiger partial charge in [-0.3, -0.25) is 0 Å². The van der Waals surface area contributed by atoms with Gasteiger partial charge in [0.2, 0.25) is 9.84 Å². The predicted octanol–water partition coefficient (Wildman–Crippen LogP) is 3.05. The van der Waals surface area contributed by atoms with E-state index in [4.69, 9.17) is 5.73 Å². The fraction of sp³-hybridized carbons (Fsp3) is 0. The Balaban J connectivity index is 2.10. The summed E-state index contributed by atoms with van der Waals surface area (Å²) in [5, 5.41) is 4.10. The predicted molar refractivity (Wildman–Crippen MR) is 87.6 cm³/mol. The summed E-state index contributed by atoms with van der Waals surface area (Å²) in [4.78, 5) is 0.175. The van der Waals surface area contributed by atoms with Crippen molar-refractivity contribution in [3.63, 3.8) is 0 Å². The molecule has 3 rings (SSSR count). The first-order valence-corrected chi connectivity index (χ1v) is 8.67. The van der Waals surface area contributed by atoms with Crippen LogP contribution >= 0.6 is 15.9 Å². The van der Waals surface area contributed by atoms with E-state index in [1.807, 2.05) is 18.2 Å². The summed E-state index contributed by atoms with van der Waals surface area (Å²) in [6.45, 7) is 0. The highest BCUT2D eigenvalue weighted by atomic mass is 79.9. The fourth-order valence-corrected chi connectivity index (χ4v) is 3.63. The zero-order valence-electron chi connectivity index (χ0n) is 11.3. The van der Waals surface area contributed by atoms with Gasteiger partial charge in [0.15, 0.2) is 0 Å². The van der Waals surface area contributed by atoms with Crippen LogP contribution in [0.4, 0.5) is 5.82 Å². The summed E-state index contributed by atoms with van der Waals surface area (Å²) in [6, 6.07) is 15.5. The van der Waals surface area contributed by atoms with Gasteiger partial charge in [-0.1, -0.05) is 34.1 Å². The molecule has 22 heavy (non-hydrogen) atoms. The largest absolute Gasteiger partial charge is 0.382 e. The minimum atomic E-state index is -3.70. The number of rotatable bonds is 3. The first kappa shape index (κ1) is 14.8. The number of benzene rings is 2. The lowest BCUT2D eigenvalue weighted by Gasteiger charge is -2.06. The molecule has 2 aromatic carbocycles. The van der Waals surface area contributed by atoms with Gasteiger partial charge in [0, 0.05) is 4.47 Å². The third-order valence-electron chi connectivity index (χ3n) is 3.19. The van der Waals surface area contributed by atoms with Gasteiger partial charge in [-0.15, -0.1) is 0 Å². The van der Waals surface area contributed by atoms with E-state index in [-0.39, 0.29) is 15.6 Å². The molecule has 112 valence electrons. The van der Waals surface area contributed by atoms with E-state index in [2.05, 4.69) is 21.0 Å². The van der Waals surface area contributed by atoms with Crippen LogP contribution in [0, 0.1) is 0 Å². The number of hydrogen-bond acceptors (Lipinski definition) is 4. The second-order valence-electron chi connectivity index (χ2n) is 4.60. The number of nitrogens with zero attached hydrogens (tertiary/aromatic N) is 2. The SMILES string of the molecule is Nc1c(S(=O)(=O)c2ccc(Br)cc2)cnn1-c1ccccc1. The number of para-hydroxylation sites is 1. The molecule has 1 aromatic heterocycles. The summed E-state index contributed by atoms with van der Waals surface area (Å²) < 4.78 is 27.5. The molecule has 0 bridgehead atoms. The van der Waals surface area contributed by atoms with Crippen molar-refractivity contribution in [2.45, 2.75) is 9.79 Å². The minimum absolute atomic E-state index is 0.00123. The van der Waals surface area contributed by atoms with Gasteiger partial charge in [0.1, 0.15) is 10.7 Å². The van der Waals surface area contributed by atoms with Crippen molar-refractivity contribution in [2.24, 2.45) is 0 Å². The Morgan fingerprint density at radius 1 is 1.00 bits per heavy atom. The second-order valence-corrected chi connectivity index (χ2v) is 7.43. The third-order valence-corrected chi connectivity index (χ3v) is 5.50. The normalized spacial score (nSPS) is 11.5. The highest BCUT2D eigenvalue weighted by molar-refractivity contribution is 9.10. The molecule has 0 aliphatic rings. The molecule has 0 saturated carbocycles.